The SMILES string of the molecule is CC1=C([Si](C)(C)C2=CC=CC2)c2cc3sc(Br)cc3c(C)c2C1. The predicted octanol–water partition coefficient (Wildman–Crippen LogP) is 6.97. The minimum atomic E-state index is -1.58. The van der Waals surface area contributed by atoms with Gasteiger partial charge in [0.15, 0.2) is 0 Å². The first-order chi connectivity index (χ1) is 10.9. The zero-order valence-corrected chi connectivity index (χ0v) is 17.5. The number of thiophene rings is 1. The van der Waals surface area contributed by atoms with Crippen molar-refractivity contribution in [2.75, 3.05) is 0 Å². The highest BCUT2D eigenvalue weighted by Gasteiger charge is 2.37. The minimum Gasteiger partial charge on any atom is -0.128 e. The summed E-state index contributed by atoms with van der Waals surface area (Å²) < 4.78 is 2.66. The van der Waals surface area contributed by atoms with Crippen LogP contribution in [0.15, 0.2) is 44.9 Å². The van der Waals surface area contributed by atoms with Crippen molar-refractivity contribution in [1.29, 1.82) is 0 Å². The Morgan fingerprint density at radius 2 is 1.96 bits per heavy atom. The van der Waals surface area contributed by atoms with Crippen molar-refractivity contribution in [1.82, 2.24) is 0 Å². The van der Waals surface area contributed by atoms with Gasteiger partial charge in [-0.3, -0.25) is 0 Å². The van der Waals surface area contributed by atoms with Crippen LogP contribution in [0.5, 0.6) is 0 Å². The Bertz CT molecular complexity index is 925. The van der Waals surface area contributed by atoms with E-state index in [9.17, 15) is 0 Å². The van der Waals surface area contributed by atoms with Gasteiger partial charge in [0.05, 0.1) is 3.79 Å². The van der Waals surface area contributed by atoms with Crippen LogP contribution in [0.25, 0.3) is 15.3 Å². The Morgan fingerprint density at radius 1 is 1.17 bits per heavy atom. The van der Waals surface area contributed by atoms with Gasteiger partial charge in [-0.05, 0) is 82.0 Å². The fourth-order valence-electron chi connectivity index (χ4n) is 4.33. The van der Waals surface area contributed by atoms with Crippen molar-refractivity contribution in [3.8, 4) is 0 Å². The van der Waals surface area contributed by atoms with Gasteiger partial charge in [0.1, 0.15) is 8.07 Å². The summed E-state index contributed by atoms with van der Waals surface area (Å²) in [5.74, 6) is 0. The topological polar surface area (TPSA) is 0 Å². The summed E-state index contributed by atoms with van der Waals surface area (Å²) in [6.07, 6.45) is 9.20. The van der Waals surface area contributed by atoms with E-state index in [1.165, 1.54) is 19.4 Å². The van der Waals surface area contributed by atoms with Crippen molar-refractivity contribution in [2.45, 2.75) is 39.8 Å². The highest BCUT2D eigenvalue weighted by molar-refractivity contribution is 9.11. The molecule has 0 spiro atoms. The molecule has 3 heteroatoms. The molecular weight excluding hydrogens is 380 g/mol. The third-order valence-electron chi connectivity index (χ3n) is 5.53. The Kier molecular flexibility index (Phi) is 3.60. The smallest absolute Gasteiger partial charge is 0.108 e. The lowest BCUT2D eigenvalue weighted by Gasteiger charge is -2.28. The second kappa shape index (κ2) is 5.30. The fourth-order valence-corrected chi connectivity index (χ4v) is 9.48. The van der Waals surface area contributed by atoms with Crippen LogP contribution in [-0.2, 0) is 6.42 Å². The summed E-state index contributed by atoms with van der Waals surface area (Å²) in [6.45, 7) is 9.73. The van der Waals surface area contributed by atoms with Crippen LogP contribution in [0.2, 0.25) is 13.1 Å². The van der Waals surface area contributed by atoms with Crippen LogP contribution >= 0.6 is 27.3 Å². The molecule has 0 saturated carbocycles. The molecule has 0 aliphatic heterocycles. The van der Waals surface area contributed by atoms with Crippen LogP contribution < -0.4 is 0 Å². The van der Waals surface area contributed by atoms with E-state index in [-0.39, 0.29) is 0 Å². The maximum atomic E-state index is 3.67. The molecule has 0 saturated heterocycles. The van der Waals surface area contributed by atoms with Crippen molar-refractivity contribution in [3.05, 3.63) is 61.6 Å². The van der Waals surface area contributed by atoms with Crippen molar-refractivity contribution >= 4 is 50.6 Å². The van der Waals surface area contributed by atoms with Gasteiger partial charge in [0, 0.05) is 4.70 Å². The van der Waals surface area contributed by atoms with Gasteiger partial charge in [-0.15, -0.1) is 11.3 Å². The molecule has 0 nitrogen and oxygen atoms in total. The van der Waals surface area contributed by atoms with E-state index in [0.29, 0.717) is 0 Å². The molecule has 0 amide bonds. The second-order valence-electron chi connectivity index (χ2n) is 7.27. The molecule has 1 heterocycles. The number of benzene rings is 1. The average molecular weight is 401 g/mol. The van der Waals surface area contributed by atoms with Crippen molar-refractivity contribution in [3.63, 3.8) is 0 Å². The number of hydrogen-bond acceptors (Lipinski definition) is 1. The van der Waals surface area contributed by atoms with Gasteiger partial charge >= 0.3 is 0 Å². The maximum Gasteiger partial charge on any atom is 0.108 e. The van der Waals surface area contributed by atoms with Gasteiger partial charge in [-0.2, -0.15) is 0 Å². The zero-order valence-electron chi connectivity index (χ0n) is 14.1. The lowest BCUT2D eigenvalue weighted by Crippen LogP contribution is -2.31. The second-order valence-corrected chi connectivity index (χ2v) is 14.1. The molecule has 0 unspecified atom stereocenters. The van der Waals surface area contributed by atoms with E-state index in [4.69, 9.17) is 0 Å². The van der Waals surface area contributed by atoms with Gasteiger partial charge in [-0.25, -0.2) is 0 Å². The Morgan fingerprint density at radius 3 is 2.65 bits per heavy atom. The van der Waals surface area contributed by atoms with E-state index < -0.39 is 8.07 Å². The van der Waals surface area contributed by atoms with Gasteiger partial charge in [0.25, 0.3) is 0 Å². The largest absolute Gasteiger partial charge is 0.128 e. The number of hydrogen-bond donors (Lipinski definition) is 0. The highest BCUT2D eigenvalue weighted by Crippen LogP contribution is 2.47. The Hall–Kier alpha value is -0.903. The zero-order chi connectivity index (χ0) is 16.4. The van der Waals surface area contributed by atoms with E-state index in [1.54, 1.807) is 27.1 Å². The summed E-state index contributed by atoms with van der Waals surface area (Å²) in [4.78, 5) is 0. The van der Waals surface area contributed by atoms with E-state index in [0.717, 1.165) is 12.8 Å². The standard InChI is InChI=1S/C20H21BrSSi/c1-12-9-15-13(2)16-11-19(21)22-18(16)10-17(15)20(12)23(3,4)14-7-5-6-8-14/h5-7,10-11H,8-9H2,1-4H3. The molecule has 2 aliphatic rings. The lowest BCUT2D eigenvalue weighted by atomic mass is 10.00. The number of allylic oxidation sites excluding steroid dienone is 5. The van der Waals surface area contributed by atoms with Gasteiger partial charge in [-0.1, -0.05) is 42.1 Å². The molecule has 0 atom stereocenters. The summed E-state index contributed by atoms with van der Waals surface area (Å²) in [5.41, 5.74) is 6.20. The van der Waals surface area contributed by atoms with E-state index >= 15 is 0 Å². The van der Waals surface area contributed by atoms with Gasteiger partial charge in [0.2, 0.25) is 0 Å². The molecule has 0 fully saturated rings. The van der Waals surface area contributed by atoms with Crippen LogP contribution in [-0.4, -0.2) is 8.07 Å². The molecule has 2 aromatic rings. The van der Waals surface area contributed by atoms with Crippen molar-refractivity contribution < 1.29 is 0 Å². The molecule has 0 bridgehead atoms. The molecular formula is C20H21BrSSi. The predicted molar refractivity (Wildman–Crippen MR) is 110 cm³/mol. The minimum absolute atomic E-state index is 1.14. The van der Waals surface area contributed by atoms with Crippen LogP contribution in [0.1, 0.15) is 30.0 Å². The molecule has 23 heavy (non-hydrogen) atoms. The third kappa shape index (κ3) is 2.28. The average Bonchev–Trinajstić information content (AvgIpc) is 3.17. The lowest BCUT2D eigenvalue weighted by molar-refractivity contribution is 1.17. The highest BCUT2D eigenvalue weighted by atomic mass is 79.9. The van der Waals surface area contributed by atoms with Crippen LogP contribution in [0.3, 0.4) is 0 Å². The molecule has 0 N–H and O–H groups in total. The molecule has 2 aliphatic carbocycles. The first-order valence-corrected chi connectivity index (χ1v) is 12.8. The molecule has 118 valence electrons. The first kappa shape index (κ1) is 15.6. The molecule has 1 aromatic heterocycles. The normalized spacial score (nSPS) is 17.3. The number of halogens is 1. The third-order valence-corrected chi connectivity index (χ3v) is 11.0. The number of fused-ring (bicyclic) bond motifs is 2. The quantitative estimate of drug-likeness (QED) is 0.477. The van der Waals surface area contributed by atoms with Crippen molar-refractivity contribution in [2.24, 2.45) is 0 Å². The van der Waals surface area contributed by atoms with E-state index in [1.807, 2.05) is 11.3 Å². The molecule has 4 rings (SSSR count). The number of rotatable bonds is 2. The molecule has 0 radical (unpaired) electrons. The summed E-state index contributed by atoms with van der Waals surface area (Å²) in [6, 6.07) is 4.76. The maximum absolute atomic E-state index is 3.67. The van der Waals surface area contributed by atoms with Gasteiger partial charge < -0.3 is 0 Å². The Labute approximate surface area is 151 Å². The first-order valence-electron chi connectivity index (χ1n) is 8.18. The summed E-state index contributed by atoms with van der Waals surface area (Å²) in [7, 11) is -1.58. The Balaban J connectivity index is 1.93. The molecule has 1 aromatic carbocycles. The monoisotopic (exact) mass is 400 g/mol. The van der Waals surface area contributed by atoms with Crippen LogP contribution in [0.4, 0.5) is 0 Å². The number of aryl methyl sites for hydroxylation is 1. The summed E-state index contributed by atoms with van der Waals surface area (Å²) in [5, 5.41) is 4.79. The fraction of sp³-hybridized carbons (Fsp3) is 0.300. The van der Waals surface area contributed by atoms with Crippen LogP contribution in [0, 0.1) is 6.92 Å². The van der Waals surface area contributed by atoms with E-state index in [2.05, 4.69) is 73.2 Å². The summed E-state index contributed by atoms with van der Waals surface area (Å²) >= 11 is 5.53.